The fraction of sp³-hybridized carbons (Fsp3) is 0.364. The number of para-hydroxylation sites is 2. The Bertz CT molecular complexity index is 1060. The molecule has 0 spiro atoms. The number of nitrogens with zero attached hydrogens (tertiary/aromatic N) is 3. The van der Waals surface area contributed by atoms with Crippen LogP contribution in [0.3, 0.4) is 0 Å². The second kappa shape index (κ2) is 8.24. The molecule has 0 aliphatic carbocycles. The summed E-state index contributed by atoms with van der Waals surface area (Å²) in [5, 5.41) is 0. The minimum atomic E-state index is -2.90. The highest BCUT2D eigenvalue weighted by Gasteiger charge is 2.40. The van der Waals surface area contributed by atoms with Crippen molar-refractivity contribution in [2.75, 3.05) is 26.3 Å². The van der Waals surface area contributed by atoms with Gasteiger partial charge in [0, 0.05) is 18.7 Å². The van der Waals surface area contributed by atoms with Crippen molar-refractivity contribution in [2.45, 2.75) is 24.9 Å². The Morgan fingerprint density at radius 1 is 1.03 bits per heavy atom. The van der Waals surface area contributed by atoms with Gasteiger partial charge in [0.2, 0.25) is 0 Å². The molecule has 0 radical (unpaired) electrons. The number of halogens is 2. The third-order valence-electron chi connectivity index (χ3n) is 5.71. The topological polar surface area (TPSA) is 65.8 Å². The van der Waals surface area contributed by atoms with Gasteiger partial charge in [-0.3, -0.25) is 4.79 Å². The van der Waals surface area contributed by atoms with Gasteiger partial charge in [0.1, 0.15) is 18.0 Å². The largest absolute Gasteiger partial charge is 0.435 e. The number of rotatable bonds is 4. The van der Waals surface area contributed by atoms with E-state index in [0.29, 0.717) is 31.9 Å². The van der Waals surface area contributed by atoms with Gasteiger partial charge in [0.25, 0.3) is 5.91 Å². The second-order valence-electron chi connectivity index (χ2n) is 7.65. The molecule has 1 aromatic heterocycles. The number of amides is 1. The molecule has 2 aliphatic rings. The van der Waals surface area contributed by atoms with Crippen LogP contribution < -0.4 is 4.74 Å². The monoisotopic (exact) mass is 429 g/mol. The van der Waals surface area contributed by atoms with Crippen molar-refractivity contribution in [1.29, 1.82) is 0 Å². The number of carbonyl (C=O) groups is 1. The van der Waals surface area contributed by atoms with Crippen LogP contribution in [0.5, 0.6) is 5.75 Å². The maximum absolute atomic E-state index is 12.8. The number of aromatic nitrogens is 2. The summed E-state index contributed by atoms with van der Waals surface area (Å²) in [5.41, 5.74) is 2.36. The van der Waals surface area contributed by atoms with E-state index in [0.717, 1.165) is 11.0 Å². The molecule has 2 atom stereocenters. The first-order chi connectivity index (χ1) is 15.1. The van der Waals surface area contributed by atoms with E-state index in [4.69, 9.17) is 9.47 Å². The van der Waals surface area contributed by atoms with E-state index in [2.05, 4.69) is 14.3 Å². The molecule has 31 heavy (non-hydrogen) atoms. The molecule has 0 N–H and O–H groups in total. The Labute approximate surface area is 177 Å². The number of fused-ring (bicyclic) bond motifs is 2. The molecule has 2 saturated heterocycles. The lowest BCUT2D eigenvalue weighted by molar-refractivity contribution is -0.0498. The molecule has 7 nitrogen and oxygen atoms in total. The molecule has 2 aromatic carbocycles. The predicted molar refractivity (Wildman–Crippen MR) is 107 cm³/mol. The number of likely N-dealkylation sites (tertiary alicyclic amines) is 1. The van der Waals surface area contributed by atoms with E-state index < -0.39 is 6.61 Å². The van der Waals surface area contributed by atoms with Crippen molar-refractivity contribution in [3.63, 3.8) is 0 Å². The van der Waals surface area contributed by atoms with E-state index >= 15 is 0 Å². The van der Waals surface area contributed by atoms with Crippen LogP contribution in [0.25, 0.3) is 11.0 Å². The van der Waals surface area contributed by atoms with Gasteiger partial charge in [-0.15, -0.1) is 0 Å². The van der Waals surface area contributed by atoms with Crippen molar-refractivity contribution < 1.29 is 27.8 Å². The van der Waals surface area contributed by atoms with Crippen molar-refractivity contribution in [3.05, 3.63) is 60.4 Å². The minimum absolute atomic E-state index is 0.00420. The molecule has 0 bridgehead atoms. The molecule has 2 fully saturated rings. The van der Waals surface area contributed by atoms with Crippen LogP contribution in [0.2, 0.25) is 0 Å². The molecule has 1 amide bonds. The average molecular weight is 429 g/mol. The Hall–Kier alpha value is -3.04. The molecule has 3 heterocycles. The quantitative estimate of drug-likeness (QED) is 0.638. The van der Waals surface area contributed by atoms with Crippen LogP contribution in [0.1, 0.15) is 16.4 Å². The zero-order valence-corrected chi connectivity index (χ0v) is 16.6. The molecular formula is C22H21F2N3O4. The standard InChI is InChI=1S/C22H21F2N3O4/c23-22(24)31-16-7-5-14(6-8-16)21(28)26-9-19-20(10-26)30-12-15(11-29-19)27-13-25-17-3-1-2-4-18(17)27/h1-8,13,15,19-20,22H,9-12H2/t19-,20-/m0/s1. The summed E-state index contributed by atoms with van der Waals surface area (Å²) in [7, 11) is 0. The lowest BCUT2D eigenvalue weighted by Crippen LogP contribution is -2.31. The predicted octanol–water partition coefficient (Wildman–Crippen LogP) is 3.12. The van der Waals surface area contributed by atoms with Crippen molar-refractivity contribution >= 4 is 16.9 Å². The van der Waals surface area contributed by atoms with Gasteiger partial charge in [-0.2, -0.15) is 8.78 Å². The molecule has 162 valence electrons. The highest BCUT2D eigenvalue weighted by Crippen LogP contribution is 2.27. The molecule has 0 unspecified atom stereocenters. The molecular weight excluding hydrogens is 408 g/mol. The number of hydrogen-bond acceptors (Lipinski definition) is 5. The van der Waals surface area contributed by atoms with E-state index in [-0.39, 0.29) is 29.9 Å². The highest BCUT2D eigenvalue weighted by molar-refractivity contribution is 5.94. The number of ether oxygens (including phenoxy) is 3. The first-order valence-corrected chi connectivity index (χ1v) is 10.1. The fourth-order valence-corrected chi connectivity index (χ4v) is 4.14. The van der Waals surface area contributed by atoms with Crippen LogP contribution in [0, 0.1) is 0 Å². The minimum Gasteiger partial charge on any atom is -0.435 e. The first kappa shape index (κ1) is 19.9. The SMILES string of the molecule is O=C(c1ccc(OC(F)F)cc1)N1C[C@@H]2OCC(n3cnc4ccccc43)CO[C@H]2C1. The summed E-state index contributed by atoms with van der Waals surface area (Å²) >= 11 is 0. The maximum atomic E-state index is 12.8. The summed E-state index contributed by atoms with van der Waals surface area (Å²) in [6, 6.07) is 13.6. The van der Waals surface area contributed by atoms with Gasteiger partial charge in [0.15, 0.2) is 0 Å². The van der Waals surface area contributed by atoms with Gasteiger partial charge in [-0.25, -0.2) is 4.98 Å². The van der Waals surface area contributed by atoms with Gasteiger partial charge < -0.3 is 23.7 Å². The zero-order valence-electron chi connectivity index (χ0n) is 16.6. The summed E-state index contributed by atoms with van der Waals surface area (Å²) in [5.74, 6) is -0.177. The van der Waals surface area contributed by atoms with Crippen LogP contribution in [-0.4, -0.2) is 65.5 Å². The van der Waals surface area contributed by atoms with Gasteiger partial charge in [-0.1, -0.05) is 12.1 Å². The summed E-state index contributed by atoms with van der Waals surface area (Å²) < 4.78 is 43.2. The summed E-state index contributed by atoms with van der Waals surface area (Å²) in [4.78, 5) is 18.9. The van der Waals surface area contributed by atoms with Crippen LogP contribution in [0.15, 0.2) is 54.9 Å². The maximum Gasteiger partial charge on any atom is 0.387 e. The number of imidazole rings is 1. The summed E-state index contributed by atoms with van der Waals surface area (Å²) in [6.07, 6.45) is 1.37. The molecule has 2 aliphatic heterocycles. The van der Waals surface area contributed by atoms with Gasteiger partial charge >= 0.3 is 6.61 Å². The number of carbonyl (C=O) groups excluding carboxylic acids is 1. The molecule has 5 rings (SSSR count). The van der Waals surface area contributed by atoms with Crippen LogP contribution in [-0.2, 0) is 9.47 Å². The van der Waals surface area contributed by atoms with Gasteiger partial charge in [0.05, 0.1) is 36.6 Å². The van der Waals surface area contributed by atoms with E-state index in [1.807, 2.05) is 24.3 Å². The fourth-order valence-electron chi connectivity index (χ4n) is 4.14. The van der Waals surface area contributed by atoms with Crippen molar-refractivity contribution in [2.24, 2.45) is 0 Å². The van der Waals surface area contributed by atoms with E-state index in [9.17, 15) is 13.6 Å². The molecule has 9 heteroatoms. The average Bonchev–Trinajstić information content (AvgIpc) is 3.33. The van der Waals surface area contributed by atoms with Gasteiger partial charge in [-0.05, 0) is 36.4 Å². The van der Waals surface area contributed by atoms with Crippen molar-refractivity contribution in [1.82, 2.24) is 14.5 Å². The van der Waals surface area contributed by atoms with Crippen molar-refractivity contribution in [3.8, 4) is 5.75 Å². The number of hydrogen-bond donors (Lipinski definition) is 0. The lowest BCUT2D eigenvalue weighted by atomic mass is 10.2. The molecule has 3 aromatic rings. The third-order valence-corrected chi connectivity index (χ3v) is 5.71. The Balaban J connectivity index is 1.23. The Morgan fingerprint density at radius 2 is 1.71 bits per heavy atom. The Morgan fingerprint density at radius 3 is 2.39 bits per heavy atom. The molecule has 0 saturated carbocycles. The summed E-state index contributed by atoms with van der Waals surface area (Å²) in [6.45, 7) is -1.15. The third kappa shape index (κ3) is 3.98. The smallest absolute Gasteiger partial charge is 0.387 e. The lowest BCUT2D eigenvalue weighted by Gasteiger charge is -2.20. The van der Waals surface area contributed by atoms with Crippen LogP contribution >= 0.6 is 0 Å². The Kier molecular flexibility index (Phi) is 5.29. The van der Waals surface area contributed by atoms with E-state index in [1.165, 1.54) is 24.3 Å². The first-order valence-electron chi connectivity index (χ1n) is 10.1. The highest BCUT2D eigenvalue weighted by atomic mass is 19.3. The van der Waals surface area contributed by atoms with E-state index in [1.54, 1.807) is 11.2 Å². The second-order valence-corrected chi connectivity index (χ2v) is 7.65. The normalized spacial score (nSPS) is 22.0. The van der Waals surface area contributed by atoms with Crippen LogP contribution in [0.4, 0.5) is 8.78 Å². The zero-order chi connectivity index (χ0) is 21.4. The number of benzene rings is 2. The number of alkyl halides is 2.